The van der Waals surface area contributed by atoms with E-state index in [9.17, 15) is 14.7 Å². The second-order valence-electron chi connectivity index (χ2n) is 9.86. The van der Waals surface area contributed by atoms with Gasteiger partial charge >= 0.3 is 0 Å². The summed E-state index contributed by atoms with van der Waals surface area (Å²) in [6, 6.07) is 8.13. The zero-order valence-electron chi connectivity index (χ0n) is 18.8. The number of benzene rings is 1. The van der Waals surface area contributed by atoms with E-state index in [2.05, 4.69) is 26.0 Å². The number of rotatable bonds is 5. The predicted molar refractivity (Wildman–Crippen MR) is 119 cm³/mol. The van der Waals surface area contributed by atoms with Crippen LogP contribution in [0, 0.1) is 11.8 Å². The van der Waals surface area contributed by atoms with Gasteiger partial charge in [0, 0.05) is 26.1 Å². The van der Waals surface area contributed by atoms with Gasteiger partial charge in [0.25, 0.3) is 0 Å². The Kier molecular flexibility index (Phi) is 6.85. The summed E-state index contributed by atoms with van der Waals surface area (Å²) < 4.78 is 6.15. The molecular weight excluding hydrogens is 392 g/mol. The van der Waals surface area contributed by atoms with E-state index in [1.807, 2.05) is 17.0 Å². The maximum atomic E-state index is 12.9. The summed E-state index contributed by atoms with van der Waals surface area (Å²) in [7, 11) is 0. The number of nitrogens with zero attached hydrogens (tertiary/aromatic N) is 2. The van der Waals surface area contributed by atoms with Gasteiger partial charge in [-0.1, -0.05) is 32.4 Å². The van der Waals surface area contributed by atoms with Crippen LogP contribution in [-0.4, -0.2) is 65.1 Å². The van der Waals surface area contributed by atoms with Gasteiger partial charge in [0.1, 0.15) is 11.9 Å². The zero-order valence-corrected chi connectivity index (χ0v) is 18.8. The second-order valence-corrected chi connectivity index (χ2v) is 9.86. The normalized spacial score (nSPS) is 29.1. The van der Waals surface area contributed by atoms with E-state index in [0.717, 1.165) is 31.4 Å². The molecule has 6 nitrogen and oxygen atoms in total. The summed E-state index contributed by atoms with van der Waals surface area (Å²) in [6.07, 6.45) is 4.17. The standard InChI is InChI=1S/C25H36N2O4/c1-17(2)18-7-9-21(10-8-18)31-23-13-20-15-27(14-19(20)12-22(23)28)25(30)16-26-11-5-3-4-6-24(26)29/h7-10,17,19-20,22-23,28H,3-6,11-16H2,1-2H3/t19-,20+,22+,23+/m0/s1. The molecule has 1 aromatic carbocycles. The van der Waals surface area contributed by atoms with Crippen molar-refractivity contribution in [3.63, 3.8) is 0 Å². The minimum absolute atomic E-state index is 0.0425. The lowest BCUT2D eigenvalue weighted by Crippen LogP contribution is -2.42. The van der Waals surface area contributed by atoms with Crippen molar-refractivity contribution in [1.82, 2.24) is 9.80 Å². The molecule has 3 fully saturated rings. The Morgan fingerprint density at radius 1 is 1.10 bits per heavy atom. The fourth-order valence-electron chi connectivity index (χ4n) is 5.30. The molecule has 4 rings (SSSR count). The maximum Gasteiger partial charge on any atom is 0.242 e. The van der Waals surface area contributed by atoms with Gasteiger partial charge in [-0.25, -0.2) is 0 Å². The van der Waals surface area contributed by atoms with Gasteiger partial charge in [0.05, 0.1) is 12.6 Å². The molecule has 0 bridgehead atoms. The third kappa shape index (κ3) is 5.22. The Morgan fingerprint density at radius 3 is 2.52 bits per heavy atom. The minimum atomic E-state index is -0.520. The molecule has 2 amide bonds. The lowest BCUT2D eigenvalue weighted by molar-refractivity contribution is -0.139. The number of aliphatic hydroxyl groups is 1. The van der Waals surface area contributed by atoms with Crippen molar-refractivity contribution in [3.8, 4) is 5.75 Å². The zero-order chi connectivity index (χ0) is 22.0. The van der Waals surface area contributed by atoms with Crippen LogP contribution < -0.4 is 4.74 Å². The molecule has 170 valence electrons. The molecule has 0 aromatic heterocycles. The Morgan fingerprint density at radius 2 is 1.81 bits per heavy atom. The van der Waals surface area contributed by atoms with E-state index in [0.29, 0.717) is 50.2 Å². The van der Waals surface area contributed by atoms with Gasteiger partial charge in [-0.3, -0.25) is 9.59 Å². The summed E-state index contributed by atoms with van der Waals surface area (Å²) >= 11 is 0. The van der Waals surface area contributed by atoms with Crippen LogP contribution in [0.2, 0.25) is 0 Å². The van der Waals surface area contributed by atoms with Crippen molar-refractivity contribution in [2.24, 2.45) is 11.8 Å². The molecule has 0 spiro atoms. The van der Waals surface area contributed by atoms with Crippen LogP contribution >= 0.6 is 0 Å². The molecular formula is C25H36N2O4. The fourth-order valence-corrected chi connectivity index (χ4v) is 5.30. The Hall–Kier alpha value is -2.08. The number of fused-ring (bicyclic) bond motifs is 1. The van der Waals surface area contributed by atoms with Crippen molar-refractivity contribution >= 4 is 11.8 Å². The Bertz CT molecular complexity index is 778. The number of ether oxygens (including phenoxy) is 1. The minimum Gasteiger partial charge on any atom is -0.488 e. The van der Waals surface area contributed by atoms with E-state index < -0.39 is 6.10 Å². The molecule has 31 heavy (non-hydrogen) atoms. The van der Waals surface area contributed by atoms with Gasteiger partial charge < -0.3 is 19.6 Å². The average molecular weight is 429 g/mol. The van der Waals surface area contributed by atoms with Gasteiger partial charge in [-0.2, -0.15) is 0 Å². The summed E-state index contributed by atoms with van der Waals surface area (Å²) in [4.78, 5) is 28.8. The SMILES string of the molecule is CC(C)c1ccc(O[C@@H]2C[C@@H]3CN(C(=O)CN4CCCCCC4=O)C[C@@H]3C[C@H]2O)cc1. The van der Waals surface area contributed by atoms with Gasteiger partial charge in [-0.05, 0) is 61.1 Å². The monoisotopic (exact) mass is 428 g/mol. The van der Waals surface area contributed by atoms with E-state index >= 15 is 0 Å². The first-order chi connectivity index (χ1) is 14.9. The smallest absolute Gasteiger partial charge is 0.242 e. The quantitative estimate of drug-likeness (QED) is 0.782. The van der Waals surface area contributed by atoms with E-state index in [-0.39, 0.29) is 24.5 Å². The fraction of sp³-hybridized carbons (Fsp3) is 0.680. The van der Waals surface area contributed by atoms with Crippen LogP contribution in [0.4, 0.5) is 0 Å². The number of likely N-dealkylation sites (tertiary alicyclic amines) is 2. The number of hydrogen-bond acceptors (Lipinski definition) is 4. The number of carbonyl (C=O) groups excluding carboxylic acids is 2. The molecule has 3 aliphatic rings. The molecule has 2 aliphatic heterocycles. The highest BCUT2D eigenvalue weighted by molar-refractivity contribution is 5.85. The van der Waals surface area contributed by atoms with E-state index in [1.165, 1.54) is 5.56 Å². The highest BCUT2D eigenvalue weighted by atomic mass is 16.5. The third-order valence-corrected chi connectivity index (χ3v) is 7.27. The summed E-state index contributed by atoms with van der Waals surface area (Å²) in [5, 5.41) is 10.7. The van der Waals surface area contributed by atoms with Crippen molar-refractivity contribution in [2.75, 3.05) is 26.2 Å². The summed E-state index contributed by atoms with van der Waals surface area (Å²) in [5.41, 5.74) is 1.27. The van der Waals surface area contributed by atoms with E-state index in [4.69, 9.17) is 4.74 Å². The number of amides is 2. The molecule has 1 aromatic rings. The maximum absolute atomic E-state index is 12.9. The van der Waals surface area contributed by atoms with Crippen molar-refractivity contribution in [2.45, 2.75) is 70.5 Å². The average Bonchev–Trinajstić information content (AvgIpc) is 3.05. The number of hydrogen-bond donors (Lipinski definition) is 1. The lowest BCUT2D eigenvalue weighted by atomic mass is 9.78. The molecule has 4 atom stereocenters. The van der Waals surface area contributed by atoms with Crippen molar-refractivity contribution in [3.05, 3.63) is 29.8 Å². The molecule has 2 heterocycles. The molecule has 1 N–H and O–H groups in total. The van der Waals surface area contributed by atoms with Crippen molar-refractivity contribution < 1.29 is 19.4 Å². The van der Waals surface area contributed by atoms with Gasteiger partial charge in [0.2, 0.25) is 11.8 Å². The molecule has 2 saturated heterocycles. The third-order valence-electron chi connectivity index (χ3n) is 7.27. The highest BCUT2D eigenvalue weighted by Crippen LogP contribution is 2.38. The van der Waals surface area contributed by atoms with Crippen molar-refractivity contribution in [1.29, 1.82) is 0 Å². The van der Waals surface area contributed by atoms with Crippen LogP contribution in [-0.2, 0) is 9.59 Å². The largest absolute Gasteiger partial charge is 0.488 e. The van der Waals surface area contributed by atoms with E-state index in [1.54, 1.807) is 4.90 Å². The molecule has 6 heteroatoms. The first kappa shape index (κ1) is 22.1. The topological polar surface area (TPSA) is 70.1 Å². The molecule has 0 radical (unpaired) electrons. The second kappa shape index (κ2) is 9.60. The molecule has 1 aliphatic carbocycles. The lowest BCUT2D eigenvalue weighted by Gasteiger charge is -2.35. The van der Waals surface area contributed by atoms with Crippen LogP contribution in [0.5, 0.6) is 5.75 Å². The Labute approximate surface area is 185 Å². The molecule has 0 unspecified atom stereocenters. The summed E-state index contributed by atoms with van der Waals surface area (Å²) in [5.74, 6) is 2.06. The number of carbonyl (C=O) groups is 2. The van der Waals surface area contributed by atoms with Crippen LogP contribution in [0.1, 0.15) is 63.9 Å². The van der Waals surface area contributed by atoms with Gasteiger partial charge in [0.15, 0.2) is 0 Å². The predicted octanol–water partition coefficient (Wildman–Crippen LogP) is 3.19. The Balaban J connectivity index is 1.33. The van der Waals surface area contributed by atoms with Gasteiger partial charge in [-0.15, -0.1) is 0 Å². The highest BCUT2D eigenvalue weighted by Gasteiger charge is 2.44. The van der Waals surface area contributed by atoms with Crippen LogP contribution in [0.15, 0.2) is 24.3 Å². The molecule has 1 saturated carbocycles. The van der Waals surface area contributed by atoms with Crippen LogP contribution in [0.25, 0.3) is 0 Å². The summed E-state index contributed by atoms with van der Waals surface area (Å²) in [6.45, 7) is 6.59. The first-order valence-corrected chi connectivity index (χ1v) is 11.9. The number of aliphatic hydroxyl groups excluding tert-OH is 1. The van der Waals surface area contributed by atoms with Crippen LogP contribution in [0.3, 0.4) is 0 Å². The first-order valence-electron chi connectivity index (χ1n) is 11.9.